The second-order valence-electron chi connectivity index (χ2n) is 12.9. The van der Waals surface area contributed by atoms with Crippen molar-refractivity contribution in [3.8, 4) is 5.19 Å². The number of aliphatic hydroxyl groups excluding tert-OH is 1. The molecule has 2 fully saturated rings. The lowest BCUT2D eigenvalue weighted by atomic mass is 9.92. The molecule has 2 aliphatic heterocycles. The largest absolute Gasteiger partial charge is 0.467 e. The van der Waals surface area contributed by atoms with Crippen molar-refractivity contribution in [1.29, 1.82) is 0 Å². The third kappa shape index (κ3) is 12.9. The molecule has 12 nitrogen and oxygen atoms in total. The molecule has 0 aliphatic carbocycles. The average molecular weight is 893 g/mol. The number of ether oxygens (including phenoxy) is 3. The molecule has 2 saturated heterocycles. The number of hydrogen-bond acceptors (Lipinski definition) is 12. The number of thiazole rings is 2. The molecule has 1 N–H and O–H groups in total. The monoisotopic (exact) mass is 890 g/mol. The summed E-state index contributed by atoms with van der Waals surface area (Å²) in [5.41, 5.74) is 1.70. The fourth-order valence-electron chi connectivity index (χ4n) is 5.52. The van der Waals surface area contributed by atoms with Crippen LogP contribution in [0.25, 0.3) is 20.7 Å². The molecule has 2 amide bonds. The third-order valence-corrected chi connectivity index (χ3v) is 11.1. The molecule has 2 aliphatic rings. The van der Waals surface area contributed by atoms with Crippen LogP contribution in [0, 0.1) is 11.8 Å². The molecule has 6 heterocycles. The number of carbonyl (C=O) groups is 2. The molecule has 4 aromatic heterocycles. The van der Waals surface area contributed by atoms with E-state index in [1.54, 1.807) is 9.80 Å². The lowest BCUT2D eigenvalue weighted by molar-refractivity contribution is 0.0436. The molecule has 51 heavy (non-hydrogen) atoms. The molecule has 2 atom stereocenters. The minimum absolute atomic E-state index is 0.0484. The first-order valence-electron chi connectivity index (χ1n) is 17.0. The first kappa shape index (κ1) is 41.4. The van der Waals surface area contributed by atoms with Crippen molar-refractivity contribution in [1.82, 2.24) is 29.7 Å². The Labute approximate surface area is 328 Å². The maximum absolute atomic E-state index is 12.0. The van der Waals surface area contributed by atoms with Gasteiger partial charge in [0.05, 0.1) is 18.3 Å². The highest BCUT2D eigenvalue weighted by molar-refractivity contribution is 9.10. The van der Waals surface area contributed by atoms with Crippen molar-refractivity contribution in [2.75, 3.05) is 26.2 Å². The minimum atomic E-state index is -0.270. The number of carbonyl (C=O) groups excluding carboxylic acids is 2. The molecule has 17 heteroatoms. The summed E-state index contributed by atoms with van der Waals surface area (Å²) in [7, 11) is 0. The Bertz CT molecular complexity index is 1730. The van der Waals surface area contributed by atoms with E-state index in [9.17, 15) is 14.7 Å². The minimum Gasteiger partial charge on any atom is -0.467 e. The summed E-state index contributed by atoms with van der Waals surface area (Å²) in [6.45, 7) is 14.1. The van der Waals surface area contributed by atoms with Gasteiger partial charge in [0.25, 0.3) is 5.19 Å². The van der Waals surface area contributed by atoms with Crippen LogP contribution in [-0.2, 0) is 9.47 Å². The molecule has 0 aromatic carbocycles. The number of nitrogens with zero attached hydrogens (tertiary/aromatic N) is 6. The van der Waals surface area contributed by atoms with E-state index in [0.717, 1.165) is 55.6 Å². The van der Waals surface area contributed by atoms with Gasteiger partial charge >= 0.3 is 12.2 Å². The predicted octanol–water partition coefficient (Wildman–Crippen LogP) is 9.21. The zero-order valence-electron chi connectivity index (χ0n) is 29.6. The number of rotatable bonds is 6. The lowest BCUT2D eigenvalue weighted by Crippen LogP contribution is -2.42. The van der Waals surface area contributed by atoms with E-state index in [0.29, 0.717) is 47.7 Å². The molecule has 2 unspecified atom stereocenters. The van der Waals surface area contributed by atoms with Crippen molar-refractivity contribution in [2.24, 2.45) is 11.8 Å². The molecule has 0 radical (unpaired) electrons. The summed E-state index contributed by atoms with van der Waals surface area (Å²) in [6, 6.07) is 7.54. The first-order valence-corrected chi connectivity index (χ1v) is 20.6. The highest BCUT2D eigenvalue weighted by Crippen LogP contribution is 2.31. The van der Waals surface area contributed by atoms with Gasteiger partial charge in [-0.25, -0.2) is 29.5 Å². The molecular formula is C34H45Br2ClN6O6S2. The van der Waals surface area contributed by atoms with Crippen LogP contribution in [0.15, 0.2) is 33.5 Å². The van der Waals surface area contributed by atoms with E-state index < -0.39 is 0 Å². The van der Waals surface area contributed by atoms with Crippen LogP contribution >= 0.6 is 66.1 Å². The summed E-state index contributed by atoms with van der Waals surface area (Å²) in [5.74, 6) is 0.725. The van der Waals surface area contributed by atoms with E-state index in [1.807, 2.05) is 58.9 Å². The number of halogens is 3. The normalized spacial score (nSPS) is 16.7. The Morgan fingerprint density at radius 1 is 0.745 bits per heavy atom. The van der Waals surface area contributed by atoms with Crippen LogP contribution in [0.3, 0.4) is 0 Å². The van der Waals surface area contributed by atoms with E-state index >= 15 is 0 Å². The van der Waals surface area contributed by atoms with Gasteiger partial charge in [-0.3, -0.25) is 0 Å². The van der Waals surface area contributed by atoms with E-state index in [2.05, 4.69) is 58.7 Å². The third-order valence-electron chi connectivity index (χ3n) is 8.30. The van der Waals surface area contributed by atoms with Gasteiger partial charge in [0.1, 0.15) is 36.0 Å². The maximum Gasteiger partial charge on any atom is 0.410 e. The highest BCUT2D eigenvalue weighted by atomic mass is 79.9. The number of pyridine rings is 2. The quantitative estimate of drug-likeness (QED) is 0.186. The SMILES string of the molecule is CC(C)OC(=O)N1CCC(C(C)O)CC1.CC(C)OC(=O)N1CCC(C(C)Oc2nc3ccc(Br)nc3s2)CC1.Clc1nc2ccc(Br)nc2s1. The zero-order chi connectivity index (χ0) is 37.2. The van der Waals surface area contributed by atoms with Crippen molar-refractivity contribution in [2.45, 2.75) is 91.6 Å². The van der Waals surface area contributed by atoms with Gasteiger partial charge in [-0.2, -0.15) is 0 Å². The van der Waals surface area contributed by atoms with Crippen LogP contribution in [0.4, 0.5) is 9.59 Å². The van der Waals surface area contributed by atoms with Crippen LogP contribution in [0.2, 0.25) is 4.47 Å². The summed E-state index contributed by atoms with van der Waals surface area (Å²) >= 11 is 15.2. The molecule has 4 aromatic rings. The number of aliphatic hydroxyl groups is 1. The van der Waals surface area contributed by atoms with E-state index in [1.165, 1.54) is 22.7 Å². The number of piperidine rings is 2. The van der Waals surface area contributed by atoms with Gasteiger partial charge in [0.15, 0.2) is 4.47 Å². The van der Waals surface area contributed by atoms with Crippen molar-refractivity contribution < 1.29 is 28.9 Å². The van der Waals surface area contributed by atoms with Gasteiger partial charge in [-0.05, 0) is 135 Å². The van der Waals surface area contributed by atoms with Crippen molar-refractivity contribution >= 4 is 99.0 Å². The molecular weight excluding hydrogens is 848 g/mol. The zero-order valence-corrected chi connectivity index (χ0v) is 35.1. The Morgan fingerprint density at radius 2 is 1.20 bits per heavy atom. The van der Waals surface area contributed by atoms with Crippen LogP contribution < -0.4 is 4.74 Å². The summed E-state index contributed by atoms with van der Waals surface area (Å²) in [6.07, 6.45) is 2.73. The van der Waals surface area contributed by atoms with Crippen LogP contribution in [-0.4, -0.2) is 97.6 Å². The fraction of sp³-hybridized carbons (Fsp3) is 0.588. The number of aromatic nitrogens is 4. The van der Waals surface area contributed by atoms with Crippen molar-refractivity contribution in [3.05, 3.63) is 37.9 Å². The van der Waals surface area contributed by atoms with Gasteiger partial charge in [0, 0.05) is 26.2 Å². The average Bonchev–Trinajstić information content (AvgIpc) is 3.65. The Morgan fingerprint density at radius 3 is 1.67 bits per heavy atom. The molecule has 280 valence electrons. The van der Waals surface area contributed by atoms with Gasteiger partial charge in [0.2, 0.25) is 0 Å². The number of fused-ring (bicyclic) bond motifs is 2. The smallest absolute Gasteiger partial charge is 0.410 e. The lowest BCUT2D eigenvalue weighted by Gasteiger charge is -2.34. The molecule has 6 rings (SSSR count). The van der Waals surface area contributed by atoms with E-state index in [-0.39, 0.29) is 36.6 Å². The van der Waals surface area contributed by atoms with E-state index in [4.69, 9.17) is 25.8 Å². The fourth-order valence-corrected chi connectivity index (χ4v) is 8.22. The Hall–Kier alpha value is -2.37. The first-order chi connectivity index (χ1) is 24.2. The van der Waals surface area contributed by atoms with Crippen molar-refractivity contribution in [3.63, 3.8) is 0 Å². The second kappa shape index (κ2) is 19.6. The Balaban J connectivity index is 0.000000190. The standard InChI is InChI=1S/C17H22BrN3O3S.C11H21NO3.C6H2BrClN2S/c1-10(2)23-17(22)21-8-6-12(7-9-21)11(3)24-16-19-13-4-5-14(18)20-15(13)25-16;1-8(2)15-11(14)12-6-4-10(5-7-12)9(3)13;7-4-2-1-3-5(10-4)11-6(8)9-3/h4-5,10-12H,6-9H2,1-3H3;8-10,13H,4-7H2,1-3H3;1-2H. The number of likely N-dealkylation sites (tertiary alicyclic amines) is 2. The predicted molar refractivity (Wildman–Crippen MR) is 209 cm³/mol. The second-order valence-corrected chi connectivity index (χ2v) is 17.1. The van der Waals surface area contributed by atoms with Gasteiger partial charge in [-0.1, -0.05) is 34.3 Å². The topological polar surface area (TPSA) is 140 Å². The van der Waals surface area contributed by atoms with Gasteiger partial charge < -0.3 is 29.1 Å². The summed E-state index contributed by atoms with van der Waals surface area (Å²) in [4.78, 5) is 45.8. The molecule has 0 bridgehead atoms. The molecule has 0 spiro atoms. The van der Waals surface area contributed by atoms with Crippen LogP contribution in [0.1, 0.15) is 67.2 Å². The highest BCUT2D eigenvalue weighted by Gasteiger charge is 2.29. The molecule has 0 saturated carbocycles. The maximum atomic E-state index is 12.0. The summed E-state index contributed by atoms with van der Waals surface area (Å²) in [5, 5.41) is 10.1. The summed E-state index contributed by atoms with van der Waals surface area (Å²) < 4.78 is 18.6. The Kier molecular flexibility index (Phi) is 15.9. The number of hydrogen-bond donors (Lipinski definition) is 1. The van der Waals surface area contributed by atoms with Gasteiger partial charge in [-0.15, -0.1) is 0 Å². The van der Waals surface area contributed by atoms with Crippen LogP contribution in [0.5, 0.6) is 5.19 Å². The number of amides is 2.